The number of pyridine rings is 1. The van der Waals surface area contributed by atoms with Gasteiger partial charge in [-0.3, -0.25) is 9.20 Å². The summed E-state index contributed by atoms with van der Waals surface area (Å²) in [6, 6.07) is 11.1. The third-order valence-corrected chi connectivity index (χ3v) is 3.48. The molecule has 0 bridgehead atoms. The van der Waals surface area contributed by atoms with Gasteiger partial charge in [0.25, 0.3) is 5.91 Å². The maximum Gasteiger partial charge on any atom is 0.322 e. The summed E-state index contributed by atoms with van der Waals surface area (Å²) in [4.78, 5) is 11.9. The van der Waals surface area contributed by atoms with Crippen LogP contribution in [-0.4, -0.2) is 27.1 Å². The summed E-state index contributed by atoms with van der Waals surface area (Å²) in [5.74, 6) is -0.299. The Bertz CT molecular complexity index is 831. The molecular formula is C15H13ClN4O2. The van der Waals surface area contributed by atoms with E-state index in [0.29, 0.717) is 16.4 Å². The molecule has 0 aliphatic carbocycles. The number of carbonyl (C=O) groups is 1. The van der Waals surface area contributed by atoms with Gasteiger partial charge in [0.2, 0.25) is 0 Å². The zero-order valence-corrected chi connectivity index (χ0v) is 12.5. The number of amides is 1. The number of carbonyl (C=O) groups excluding carboxylic acids is 1. The van der Waals surface area contributed by atoms with Gasteiger partial charge < -0.3 is 10.1 Å². The van der Waals surface area contributed by atoms with Crippen molar-refractivity contribution < 1.29 is 9.53 Å². The Balaban J connectivity index is 1.63. The van der Waals surface area contributed by atoms with E-state index in [0.717, 1.165) is 5.56 Å². The number of aryl methyl sites for hydroxylation is 1. The van der Waals surface area contributed by atoms with Crippen LogP contribution in [0.15, 0.2) is 42.6 Å². The highest BCUT2D eigenvalue weighted by molar-refractivity contribution is 6.31. The number of nitrogens with zero attached hydrogens (tertiary/aromatic N) is 3. The van der Waals surface area contributed by atoms with E-state index >= 15 is 0 Å². The van der Waals surface area contributed by atoms with Gasteiger partial charge in [0, 0.05) is 16.9 Å². The average Bonchev–Trinajstić information content (AvgIpc) is 2.92. The number of nitrogens with one attached hydrogen (secondary N) is 1. The van der Waals surface area contributed by atoms with Crippen molar-refractivity contribution in [1.82, 2.24) is 14.6 Å². The molecule has 112 valence electrons. The predicted octanol–water partition coefficient (Wildman–Crippen LogP) is 2.71. The number of aromatic nitrogens is 3. The van der Waals surface area contributed by atoms with E-state index in [1.807, 2.05) is 25.1 Å². The summed E-state index contributed by atoms with van der Waals surface area (Å²) in [6.45, 7) is 1.73. The van der Waals surface area contributed by atoms with Crippen LogP contribution in [0, 0.1) is 6.92 Å². The van der Waals surface area contributed by atoms with Gasteiger partial charge in [0.05, 0.1) is 0 Å². The van der Waals surface area contributed by atoms with Gasteiger partial charge in [0.1, 0.15) is 0 Å². The number of rotatable bonds is 4. The van der Waals surface area contributed by atoms with E-state index in [-0.39, 0.29) is 18.5 Å². The molecule has 0 aliphatic heterocycles. The van der Waals surface area contributed by atoms with E-state index < -0.39 is 0 Å². The molecule has 0 radical (unpaired) electrons. The smallest absolute Gasteiger partial charge is 0.322 e. The van der Waals surface area contributed by atoms with Crippen molar-refractivity contribution in [2.24, 2.45) is 0 Å². The first-order chi connectivity index (χ1) is 10.6. The molecule has 22 heavy (non-hydrogen) atoms. The van der Waals surface area contributed by atoms with Gasteiger partial charge in [-0.05, 0) is 36.8 Å². The molecule has 0 fully saturated rings. The molecule has 2 heterocycles. The van der Waals surface area contributed by atoms with E-state index in [2.05, 4.69) is 15.5 Å². The fraction of sp³-hybridized carbons (Fsp3) is 0.133. The quantitative estimate of drug-likeness (QED) is 0.803. The van der Waals surface area contributed by atoms with Crippen molar-refractivity contribution >= 4 is 28.8 Å². The third-order valence-electron chi connectivity index (χ3n) is 3.07. The molecule has 0 saturated carbocycles. The Hall–Kier alpha value is -2.60. The lowest BCUT2D eigenvalue weighted by Crippen LogP contribution is -2.20. The van der Waals surface area contributed by atoms with Crippen LogP contribution in [0.4, 0.5) is 5.69 Å². The number of hydrogen-bond acceptors (Lipinski definition) is 4. The second-order valence-corrected chi connectivity index (χ2v) is 5.12. The molecule has 0 unspecified atom stereocenters. The lowest BCUT2D eigenvalue weighted by atomic mass is 10.2. The van der Waals surface area contributed by atoms with E-state index in [9.17, 15) is 4.79 Å². The van der Waals surface area contributed by atoms with Crippen LogP contribution in [0.5, 0.6) is 6.01 Å². The van der Waals surface area contributed by atoms with Gasteiger partial charge in [-0.25, -0.2) is 0 Å². The predicted molar refractivity (Wildman–Crippen MR) is 83.3 cm³/mol. The molecular weight excluding hydrogens is 304 g/mol. The minimum Gasteiger partial charge on any atom is -0.453 e. The van der Waals surface area contributed by atoms with Gasteiger partial charge in [-0.15, -0.1) is 5.10 Å². The Labute approximate surface area is 131 Å². The summed E-state index contributed by atoms with van der Waals surface area (Å²) < 4.78 is 7.05. The van der Waals surface area contributed by atoms with Crippen molar-refractivity contribution in [3.63, 3.8) is 0 Å². The van der Waals surface area contributed by atoms with Crippen LogP contribution < -0.4 is 10.1 Å². The average molecular weight is 317 g/mol. The highest BCUT2D eigenvalue weighted by atomic mass is 35.5. The van der Waals surface area contributed by atoms with Gasteiger partial charge in [-0.1, -0.05) is 28.8 Å². The first kappa shape index (κ1) is 14.3. The third kappa shape index (κ3) is 3.01. The minimum atomic E-state index is -0.299. The van der Waals surface area contributed by atoms with Gasteiger partial charge in [-0.2, -0.15) is 0 Å². The molecule has 0 aliphatic rings. The van der Waals surface area contributed by atoms with Crippen LogP contribution in [0.2, 0.25) is 5.02 Å². The lowest BCUT2D eigenvalue weighted by Gasteiger charge is -2.07. The molecule has 0 spiro atoms. The fourth-order valence-electron chi connectivity index (χ4n) is 1.92. The van der Waals surface area contributed by atoms with E-state index in [4.69, 9.17) is 16.3 Å². The summed E-state index contributed by atoms with van der Waals surface area (Å²) in [7, 11) is 0. The van der Waals surface area contributed by atoms with Crippen molar-refractivity contribution in [3.05, 3.63) is 53.2 Å². The number of benzene rings is 1. The molecule has 1 aromatic carbocycles. The zero-order valence-electron chi connectivity index (χ0n) is 11.8. The van der Waals surface area contributed by atoms with Crippen LogP contribution in [-0.2, 0) is 4.79 Å². The normalized spacial score (nSPS) is 10.6. The highest BCUT2D eigenvalue weighted by Gasteiger charge is 2.09. The van der Waals surface area contributed by atoms with Crippen molar-refractivity contribution in [2.45, 2.75) is 6.92 Å². The number of halogens is 1. The van der Waals surface area contributed by atoms with Crippen molar-refractivity contribution in [2.75, 3.05) is 11.9 Å². The number of hydrogen-bond donors (Lipinski definition) is 1. The van der Waals surface area contributed by atoms with Crippen LogP contribution in [0.3, 0.4) is 0 Å². The first-order valence-electron chi connectivity index (χ1n) is 6.62. The number of fused-ring (bicyclic) bond motifs is 1. The van der Waals surface area contributed by atoms with Crippen LogP contribution in [0.25, 0.3) is 5.65 Å². The first-order valence-corrected chi connectivity index (χ1v) is 7.00. The largest absolute Gasteiger partial charge is 0.453 e. The molecule has 3 rings (SSSR count). The monoisotopic (exact) mass is 316 g/mol. The molecule has 1 amide bonds. The molecule has 0 saturated heterocycles. The zero-order chi connectivity index (χ0) is 15.5. The second kappa shape index (κ2) is 6.03. The van der Waals surface area contributed by atoms with Gasteiger partial charge >= 0.3 is 6.01 Å². The molecule has 3 aromatic rings. The Morgan fingerprint density at radius 2 is 2.18 bits per heavy atom. The summed E-state index contributed by atoms with van der Waals surface area (Å²) >= 11 is 6.02. The van der Waals surface area contributed by atoms with Crippen molar-refractivity contribution in [1.29, 1.82) is 0 Å². The fourth-order valence-corrected chi connectivity index (χ4v) is 2.10. The summed E-state index contributed by atoms with van der Waals surface area (Å²) in [5.41, 5.74) is 2.23. The Morgan fingerprint density at radius 1 is 1.32 bits per heavy atom. The molecule has 2 aromatic heterocycles. The summed E-state index contributed by atoms with van der Waals surface area (Å²) in [6.07, 6.45) is 1.77. The second-order valence-electron chi connectivity index (χ2n) is 4.71. The van der Waals surface area contributed by atoms with E-state index in [1.54, 1.807) is 28.8 Å². The highest BCUT2D eigenvalue weighted by Crippen LogP contribution is 2.19. The van der Waals surface area contributed by atoms with E-state index in [1.165, 1.54) is 0 Å². The maximum absolute atomic E-state index is 11.9. The lowest BCUT2D eigenvalue weighted by molar-refractivity contribution is -0.118. The van der Waals surface area contributed by atoms with Crippen molar-refractivity contribution in [3.8, 4) is 6.01 Å². The Morgan fingerprint density at radius 3 is 3.00 bits per heavy atom. The SMILES string of the molecule is Cc1ccc(NC(=O)COc2nnc3ccccn23)cc1Cl. The molecule has 1 N–H and O–H groups in total. The molecule has 7 heteroatoms. The summed E-state index contributed by atoms with van der Waals surface area (Å²) in [5, 5.41) is 11.1. The van der Waals surface area contributed by atoms with Crippen LogP contribution >= 0.6 is 11.6 Å². The standard InChI is InChI=1S/C15H13ClN4O2/c1-10-5-6-11(8-12(10)16)17-14(21)9-22-15-19-18-13-4-2-3-7-20(13)15/h2-8H,9H2,1H3,(H,17,21). The number of anilines is 1. The Kier molecular flexibility index (Phi) is 3.93. The molecule has 0 atom stereocenters. The van der Waals surface area contributed by atoms with Crippen LogP contribution in [0.1, 0.15) is 5.56 Å². The van der Waals surface area contributed by atoms with Gasteiger partial charge in [0.15, 0.2) is 12.3 Å². The molecule has 6 nitrogen and oxygen atoms in total. The maximum atomic E-state index is 11.9. The minimum absolute atomic E-state index is 0.165. The number of ether oxygens (including phenoxy) is 1. The topological polar surface area (TPSA) is 68.5 Å².